The van der Waals surface area contributed by atoms with E-state index in [9.17, 15) is 4.79 Å². The van der Waals surface area contributed by atoms with Crippen LogP contribution in [0.25, 0.3) is 0 Å². The van der Waals surface area contributed by atoms with Gasteiger partial charge in [-0.1, -0.05) is 0 Å². The molecule has 92 valence electrons. The van der Waals surface area contributed by atoms with Crippen LogP contribution in [0.2, 0.25) is 0 Å². The molecule has 2 rings (SSSR count). The van der Waals surface area contributed by atoms with Gasteiger partial charge in [-0.25, -0.2) is 0 Å². The van der Waals surface area contributed by atoms with Gasteiger partial charge in [0, 0.05) is 13.1 Å². The number of carbonyl (C=O) groups is 1. The maximum absolute atomic E-state index is 11.9. The number of hydrogen-bond donors (Lipinski definition) is 2. The molecule has 1 aliphatic carbocycles. The van der Waals surface area contributed by atoms with Crippen LogP contribution < -0.4 is 5.73 Å². The fourth-order valence-electron chi connectivity index (χ4n) is 2.11. The van der Waals surface area contributed by atoms with Crippen molar-refractivity contribution in [1.82, 2.24) is 4.90 Å². The van der Waals surface area contributed by atoms with E-state index in [4.69, 9.17) is 15.6 Å². The van der Waals surface area contributed by atoms with Crippen LogP contribution in [-0.4, -0.2) is 53.9 Å². The van der Waals surface area contributed by atoms with Gasteiger partial charge < -0.3 is 20.5 Å². The van der Waals surface area contributed by atoms with Crippen molar-refractivity contribution >= 4 is 5.91 Å². The minimum absolute atomic E-state index is 0.0606. The first-order valence-corrected chi connectivity index (χ1v) is 5.96. The van der Waals surface area contributed by atoms with Crippen LogP contribution in [0, 0.1) is 0 Å². The highest BCUT2D eigenvalue weighted by Crippen LogP contribution is 2.34. The van der Waals surface area contributed by atoms with Gasteiger partial charge in [0.1, 0.15) is 0 Å². The third-order valence-corrected chi connectivity index (χ3v) is 3.39. The van der Waals surface area contributed by atoms with Gasteiger partial charge in [-0.15, -0.1) is 0 Å². The smallest absolute Gasteiger partial charge is 0.242 e. The number of aliphatic hydroxyl groups is 1. The Hall–Kier alpha value is -0.650. The summed E-state index contributed by atoms with van der Waals surface area (Å²) in [5.74, 6) is 0.105. The van der Waals surface area contributed by atoms with Gasteiger partial charge in [0.25, 0.3) is 0 Å². The number of nitrogens with zero attached hydrogens (tertiary/aromatic N) is 1. The molecule has 1 aliphatic heterocycles. The Balaban J connectivity index is 1.74. The summed E-state index contributed by atoms with van der Waals surface area (Å²) in [6.45, 7) is 1.91. The lowest BCUT2D eigenvalue weighted by Crippen LogP contribution is -2.49. The summed E-state index contributed by atoms with van der Waals surface area (Å²) in [6.07, 6.45) is 3.53. The summed E-state index contributed by atoms with van der Waals surface area (Å²) < 4.78 is 5.44. The van der Waals surface area contributed by atoms with Crippen molar-refractivity contribution < 1.29 is 14.6 Å². The maximum Gasteiger partial charge on any atom is 0.242 e. The largest absolute Gasteiger partial charge is 0.394 e. The molecular formula is C11H20N2O3. The van der Waals surface area contributed by atoms with Crippen LogP contribution in [0.3, 0.4) is 0 Å². The minimum Gasteiger partial charge on any atom is -0.394 e. The molecule has 0 bridgehead atoms. The van der Waals surface area contributed by atoms with Crippen LogP contribution in [0.4, 0.5) is 0 Å². The molecule has 1 saturated heterocycles. The predicted octanol–water partition coefficient (Wildman–Crippen LogP) is -0.522. The van der Waals surface area contributed by atoms with Crippen LogP contribution in [-0.2, 0) is 9.53 Å². The van der Waals surface area contributed by atoms with Crippen molar-refractivity contribution in [3.8, 4) is 0 Å². The number of carbonyl (C=O) groups excluding carboxylic acids is 1. The topological polar surface area (TPSA) is 75.8 Å². The molecule has 2 aliphatic rings. The Kier molecular flexibility index (Phi) is 3.47. The van der Waals surface area contributed by atoms with Gasteiger partial charge in [-0.05, 0) is 25.7 Å². The molecule has 0 aromatic rings. The fourth-order valence-corrected chi connectivity index (χ4v) is 2.11. The summed E-state index contributed by atoms with van der Waals surface area (Å²) in [4.78, 5) is 13.8. The summed E-state index contributed by atoms with van der Waals surface area (Å²) in [6, 6.07) is 0. The number of hydrogen-bond acceptors (Lipinski definition) is 4. The van der Waals surface area contributed by atoms with E-state index in [1.807, 2.05) is 4.90 Å². The second kappa shape index (κ2) is 4.69. The minimum atomic E-state index is -0.543. The predicted molar refractivity (Wildman–Crippen MR) is 58.8 cm³/mol. The first-order valence-electron chi connectivity index (χ1n) is 5.96. The van der Waals surface area contributed by atoms with Crippen molar-refractivity contribution in [2.45, 2.75) is 37.3 Å². The zero-order chi connectivity index (χ0) is 11.6. The standard InChI is InChI=1S/C11H20N2O3/c12-11(3-4-11)10(15)13-5-1-9(2-6-13)16-8-7-14/h9,14H,1-8,12H2. The Morgan fingerprint density at radius 2 is 2.06 bits per heavy atom. The third kappa shape index (κ3) is 2.53. The zero-order valence-electron chi connectivity index (χ0n) is 9.52. The van der Waals surface area contributed by atoms with E-state index >= 15 is 0 Å². The Morgan fingerprint density at radius 3 is 2.56 bits per heavy atom. The summed E-state index contributed by atoms with van der Waals surface area (Å²) in [7, 11) is 0. The molecule has 0 aromatic carbocycles. The van der Waals surface area contributed by atoms with Gasteiger partial charge in [0.15, 0.2) is 0 Å². The second-order valence-electron chi connectivity index (χ2n) is 4.74. The lowest BCUT2D eigenvalue weighted by molar-refractivity contribution is -0.136. The molecule has 0 spiro atoms. The van der Waals surface area contributed by atoms with Crippen LogP contribution in [0.15, 0.2) is 0 Å². The van der Waals surface area contributed by atoms with Crippen molar-refractivity contribution in [1.29, 1.82) is 0 Å². The number of ether oxygens (including phenoxy) is 1. The van der Waals surface area contributed by atoms with E-state index in [1.165, 1.54) is 0 Å². The molecule has 1 heterocycles. The van der Waals surface area contributed by atoms with Gasteiger partial charge in [-0.3, -0.25) is 4.79 Å². The molecular weight excluding hydrogens is 208 g/mol. The van der Waals surface area contributed by atoms with Crippen molar-refractivity contribution in [3.63, 3.8) is 0 Å². The number of rotatable bonds is 4. The van der Waals surface area contributed by atoms with Crippen LogP contribution in [0.1, 0.15) is 25.7 Å². The Bertz CT molecular complexity index is 258. The average Bonchev–Trinajstić information content (AvgIpc) is 3.06. The molecule has 0 atom stereocenters. The van der Waals surface area contributed by atoms with E-state index in [0.717, 1.165) is 38.8 Å². The maximum atomic E-state index is 11.9. The second-order valence-corrected chi connectivity index (χ2v) is 4.74. The van der Waals surface area contributed by atoms with Crippen molar-refractivity contribution in [2.75, 3.05) is 26.3 Å². The number of piperidine rings is 1. The molecule has 1 amide bonds. The fraction of sp³-hybridized carbons (Fsp3) is 0.909. The summed E-state index contributed by atoms with van der Waals surface area (Å²) in [5.41, 5.74) is 5.34. The highest BCUT2D eigenvalue weighted by atomic mass is 16.5. The Labute approximate surface area is 95.5 Å². The molecule has 5 heteroatoms. The zero-order valence-corrected chi connectivity index (χ0v) is 9.52. The first-order chi connectivity index (χ1) is 7.65. The first kappa shape index (κ1) is 11.8. The number of likely N-dealkylation sites (tertiary alicyclic amines) is 1. The molecule has 1 saturated carbocycles. The SMILES string of the molecule is NC1(C(=O)N2CCC(OCCO)CC2)CC1. The van der Waals surface area contributed by atoms with Gasteiger partial charge in [0.2, 0.25) is 5.91 Å². The van der Waals surface area contributed by atoms with Crippen molar-refractivity contribution in [2.24, 2.45) is 5.73 Å². The van der Waals surface area contributed by atoms with Crippen LogP contribution >= 0.6 is 0 Å². The van der Waals surface area contributed by atoms with Gasteiger partial charge in [-0.2, -0.15) is 0 Å². The normalized spacial score (nSPS) is 24.5. The molecule has 3 N–H and O–H groups in total. The molecule has 16 heavy (non-hydrogen) atoms. The van der Waals surface area contributed by atoms with Crippen LogP contribution in [0.5, 0.6) is 0 Å². The number of amides is 1. The highest BCUT2D eigenvalue weighted by molar-refractivity contribution is 5.89. The van der Waals surface area contributed by atoms with E-state index < -0.39 is 5.54 Å². The van der Waals surface area contributed by atoms with E-state index in [2.05, 4.69) is 0 Å². The molecule has 0 unspecified atom stereocenters. The Morgan fingerprint density at radius 1 is 1.44 bits per heavy atom. The van der Waals surface area contributed by atoms with E-state index in [1.54, 1.807) is 0 Å². The third-order valence-electron chi connectivity index (χ3n) is 3.39. The number of aliphatic hydroxyl groups excluding tert-OH is 1. The summed E-state index contributed by atoms with van der Waals surface area (Å²) >= 11 is 0. The van der Waals surface area contributed by atoms with Gasteiger partial charge >= 0.3 is 0 Å². The molecule has 0 aromatic heterocycles. The lowest BCUT2D eigenvalue weighted by atomic mass is 10.1. The van der Waals surface area contributed by atoms with E-state index in [0.29, 0.717) is 6.61 Å². The van der Waals surface area contributed by atoms with Crippen molar-refractivity contribution in [3.05, 3.63) is 0 Å². The lowest BCUT2D eigenvalue weighted by Gasteiger charge is -2.33. The van der Waals surface area contributed by atoms with Gasteiger partial charge in [0.05, 0.1) is 24.9 Å². The summed E-state index contributed by atoms with van der Waals surface area (Å²) in [5, 5.41) is 8.65. The number of nitrogens with two attached hydrogens (primary N) is 1. The molecule has 0 radical (unpaired) electrons. The quantitative estimate of drug-likeness (QED) is 0.678. The van der Waals surface area contributed by atoms with E-state index in [-0.39, 0.29) is 18.6 Å². The molecule has 2 fully saturated rings. The highest BCUT2D eigenvalue weighted by Gasteiger charge is 2.48. The monoisotopic (exact) mass is 228 g/mol. The average molecular weight is 228 g/mol. The molecule has 5 nitrogen and oxygen atoms in total.